The SMILES string of the molecule is CCOC(=O)c1c(NC(=O)c2c[nH]c3c(F)cccc3c2=O)sc(C)c1C. The van der Waals surface area contributed by atoms with Gasteiger partial charge >= 0.3 is 5.97 Å². The minimum atomic E-state index is -0.686. The first-order valence-electron chi connectivity index (χ1n) is 8.23. The van der Waals surface area contributed by atoms with Crippen molar-refractivity contribution < 1.29 is 18.7 Å². The first-order valence-corrected chi connectivity index (χ1v) is 9.05. The number of hydrogen-bond acceptors (Lipinski definition) is 5. The molecule has 6 nitrogen and oxygen atoms in total. The number of anilines is 1. The molecule has 2 aromatic heterocycles. The number of hydrogen-bond donors (Lipinski definition) is 2. The minimum Gasteiger partial charge on any atom is -0.462 e. The van der Waals surface area contributed by atoms with Gasteiger partial charge in [-0.15, -0.1) is 11.3 Å². The van der Waals surface area contributed by atoms with E-state index in [0.29, 0.717) is 10.6 Å². The lowest BCUT2D eigenvalue weighted by atomic mass is 10.1. The summed E-state index contributed by atoms with van der Waals surface area (Å²) in [5.41, 5.74) is 0.253. The molecule has 0 atom stereocenters. The van der Waals surface area contributed by atoms with Gasteiger partial charge in [0, 0.05) is 16.5 Å². The monoisotopic (exact) mass is 388 g/mol. The first-order chi connectivity index (χ1) is 12.8. The molecule has 8 heteroatoms. The second kappa shape index (κ2) is 7.32. The van der Waals surface area contributed by atoms with Crippen LogP contribution in [-0.2, 0) is 4.74 Å². The molecule has 140 valence electrons. The van der Waals surface area contributed by atoms with Crippen LogP contribution < -0.4 is 10.7 Å². The molecule has 0 aliphatic heterocycles. The van der Waals surface area contributed by atoms with Gasteiger partial charge in [0.1, 0.15) is 16.4 Å². The molecule has 0 aliphatic carbocycles. The fraction of sp³-hybridized carbons (Fsp3) is 0.211. The fourth-order valence-corrected chi connectivity index (χ4v) is 3.76. The normalized spacial score (nSPS) is 10.8. The van der Waals surface area contributed by atoms with Crippen LogP contribution in [0.5, 0.6) is 0 Å². The zero-order valence-corrected chi connectivity index (χ0v) is 15.8. The van der Waals surface area contributed by atoms with Crippen LogP contribution in [0.3, 0.4) is 0 Å². The van der Waals surface area contributed by atoms with Crippen molar-refractivity contribution in [2.24, 2.45) is 0 Å². The van der Waals surface area contributed by atoms with Crippen molar-refractivity contribution in [1.29, 1.82) is 0 Å². The summed E-state index contributed by atoms with van der Waals surface area (Å²) in [5.74, 6) is -1.80. The van der Waals surface area contributed by atoms with E-state index in [-0.39, 0.29) is 28.6 Å². The largest absolute Gasteiger partial charge is 0.462 e. The van der Waals surface area contributed by atoms with Gasteiger partial charge in [-0.25, -0.2) is 9.18 Å². The Bertz CT molecular complexity index is 1120. The zero-order chi connectivity index (χ0) is 19.7. The lowest BCUT2D eigenvalue weighted by Crippen LogP contribution is -2.22. The lowest BCUT2D eigenvalue weighted by molar-refractivity contribution is 0.0527. The van der Waals surface area contributed by atoms with Gasteiger partial charge in [0.15, 0.2) is 0 Å². The Kier molecular flexibility index (Phi) is 5.09. The molecule has 0 saturated carbocycles. The minimum absolute atomic E-state index is 0.0362. The van der Waals surface area contributed by atoms with Gasteiger partial charge in [-0.2, -0.15) is 0 Å². The number of H-pyrrole nitrogens is 1. The van der Waals surface area contributed by atoms with E-state index >= 15 is 0 Å². The number of nitrogens with one attached hydrogen (secondary N) is 2. The molecule has 0 aliphatic rings. The molecule has 0 fully saturated rings. The van der Waals surface area contributed by atoms with Crippen LogP contribution in [-0.4, -0.2) is 23.5 Å². The summed E-state index contributed by atoms with van der Waals surface area (Å²) in [6, 6.07) is 4.07. The van der Waals surface area contributed by atoms with Crippen LogP contribution in [0.4, 0.5) is 9.39 Å². The number of aryl methyl sites for hydroxylation is 1. The molecule has 1 amide bonds. The molecule has 2 heterocycles. The number of amides is 1. The van der Waals surface area contributed by atoms with Gasteiger partial charge in [-0.1, -0.05) is 6.07 Å². The lowest BCUT2D eigenvalue weighted by Gasteiger charge is -2.08. The number of carbonyl (C=O) groups excluding carboxylic acids is 2. The summed E-state index contributed by atoms with van der Waals surface area (Å²) < 4.78 is 18.8. The number of thiophene rings is 1. The number of halogens is 1. The van der Waals surface area contributed by atoms with Gasteiger partial charge in [-0.3, -0.25) is 9.59 Å². The van der Waals surface area contributed by atoms with Gasteiger partial charge in [0.25, 0.3) is 5.91 Å². The van der Waals surface area contributed by atoms with E-state index < -0.39 is 23.1 Å². The Labute approximate surface area is 158 Å². The zero-order valence-electron chi connectivity index (χ0n) is 14.9. The molecule has 0 unspecified atom stereocenters. The fourth-order valence-electron chi connectivity index (χ4n) is 2.72. The Hall–Kier alpha value is -3.00. The van der Waals surface area contributed by atoms with Gasteiger partial charge < -0.3 is 15.0 Å². The highest BCUT2D eigenvalue weighted by atomic mass is 32.1. The van der Waals surface area contributed by atoms with Crippen molar-refractivity contribution in [3.05, 3.63) is 62.0 Å². The predicted molar refractivity (Wildman–Crippen MR) is 102 cm³/mol. The Balaban J connectivity index is 2.01. The van der Waals surface area contributed by atoms with E-state index in [1.165, 1.54) is 35.7 Å². The maximum Gasteiger partial charge on any atom is 0.341 e. The highest BCUT2D eigenvalue weighted by Gasteiger charge is 2.23. The average molecular weight is 388 g/mol. The Morgan fingerprint density at radius 2 is 2.04 bits per heavy atom. The number of fused-ring (bicyclic) bond motifs is 1. The predicted octanol–water partition coefficient (Wildman–Crippen LogP) is 3.77. The molecule has 0 bridgehead atoms. The second-order valence-corrected chi connectivity index (χ2v) is 7.08. The molecular weight excluding hydrogens is 371 g/mol. The molecule has 0 radical (unpaired) electrons. The van der Waals surface area contributed by atoms with E-state index in [4.69, 9.17) is 4.74 Å². The number of pyridine rings is 1. The average Bonchev–Trinajstić information content (AvgIpc) is 2.90. The highest BCUT2D eigenvalue weighted by Crippen LogP contribution is 2.33. The van der Waals surface area contributed by atoms with Crippen molar-refractivity contribution in [2.75, 3.05) is 11.9 Å². The van der Waals surface area contributed by atoms with Gasteiger partial charge in [-0.05, 0) is 38.5 Å². The van der Waals surface area contributed by atoms with Crippen molar-refractivity contribution in [3.63, 3.8) is 0 Å². The van der Waals surface area contributed by atoms with E-state index in [1.54, 1.807) is 13.8 Å². The first kappa shape index (κ1) is 18.8. The maximum absolute atomic E-state index is 13.8. The third-order valence-corrected chi connectivity index (χ3v) is 5.32. The smallest absolute Gasteiger partial charge is 0.341 e. The van der Waals surface area contributed by atoms with E-state index in [2.05, 4.69) is 10.3 Å². The molecule has 2 N–H and O–H groups in total. The van der Waals surface area contributed by atoms with E-state index in [9.17, 15) is 18.8 Å². The third-order valence-electron chi connectivity index (χ3n) is 4.20. The summed E-state index contributed by atoms with van der Waals surface area (Å²) in [6.45, 7) is 5.48. The van der Waals surface area contributed by atoms with E-state index in [0.717, 1.165) is 4.88 Å². The highest BCUT2D eigenvalue weighted by molar-refractivity contribution is 7.16. The van der Waals surface area contributed by atoms with Crippen LogP contribution in [0, 0.1) is 19.7 Å². The Morgan fingerprint density at radius 1 is 1.30 bits per heavy atom. The molecule has 0 spiro atoms. The maximum atomic E-state index is 13.8. The standard InChI is InChI=1S/C19H17FN2O4S/c1-4-26-19(25)14-9(2)10(3)27-18(14)22-17(24)12-8-21-15-11(16(12)23)6-5-7-13(15)20/h5-8H,4H2,1-3H3,(H,21,23)(H,22,24). The summed E-state index contributed by atoms with van der Waals surface area (Å²) in [5, 5.41) is 3.00. The summed E-state index contributed by atoms with van der Waals surface area (Å²) in [6.07, 6.45) is 1.17. The number of aromatic amines is 1. The topological polar surface area (TPSA) is 88.3 Å². The van der Waals surface area contributed by atoms with Crippen LogP contribution in [0.1, 0.15) is 38.1 Å². The van der Waals surface area contributed by atoms with Crippen LogP contribution >= 0.6 is 11.3 Å². The number of benzene rings is 1. The van der Waals surface area contributed by atoms with Crippen molar-refractivity contribution in [2.45, 2.75) is 20.8 Å². The van der Waals surface area contributed by atoms with Crippen molar-refractivity contribution >= 4 is 39.1 Å². The molecule has 0 saturated heterocycles. The number of esters is 1. The summed E-state index contributed by atoms with van der Waals surface area (Å²) in [4.78, 5) is 40.9. The van der Waals surface area contributed by atoms with Crippen molar-refractivity contribution in [1.82, 2.24) is 4.98 Å². The summed E-state index contributed by atoms with van der Waals surface area (Å²) >= 11 is 1.23. The molecule has 3 rings (SSSR count). The molecular formula is C19H17FN2O4S. The van der Waals surface area contributed by atoms with Crippen LogP contribution in [0.2, 0.25) is 0 Å². The number of para-hydroxylation sites is 1. The Morgan fingerprint density at radius 3 is 2.74 bits per heavy atom. The quantitative estimate of drug-likeness (QED) is 0.666. The molecule has 3 aromatic rings. The number of ether oxygens (including phenoxy) is 1. The third kappa shape index (κ3) is 3.35. The van der Waals surface area contributed by atoms with Gasteiger partial charge in [0.05, 0.1) is 17.7 Å². The van der Waals surface area contributed by atoms with Crippen molar-refractivity contribution in [3.8, 4) is 0 Å². The number of carbonyl (C=O) groups is 2. The second-order valence-electron chi connectivity index (χ2n) is 5.86. The van der Waals surface area contributed by atoms with Gasteiger partial charge in [0.2, 0.25) is 5.43 Å². The van der Waals surface area contributed by atoms with Crippen LogP contribution in [0.25, 0.3) is 10.9 Å². The molecule has 1 aromatic carbocycles. The van der Waals surface area contributed by atoms with E-state index in [1.807, 2.05) is 6.92 Å². The number of aromatic nitrogens is 1. The molecule has 27 heavy (non-hydrogen) atoms. The number of rotatable bonds is 4. The summed E-state index contributed by atoms with van der Waals surface area (Å²) in [7, 11) is 0. The van der Waals surface area contributed by atoms with Crippen LogP contribution in [0.15, 0.2) is 29.2 Å².